The topological polar surface area (TPSA) is 98.7 Å². The van der Waals surface area contributed by atoms with Gasteiger partial charge in [0.25, 0.3) is 0 Å². The number of carboxylic acid groups (broad SMARTS) is 2. The van der Waals surface area contributed by atoms with E-state index >= 15 is 0 Å². The molecule has 0 aliphatic heterocycles. The molecule has 2 rings (SSSR count). The molecule has 26 heavy (non-hydrogen) atoms. The van der Waals surface area contributed by atoms with Crippen LogP contribution >= 0.6 is 0 Å². The molecule has 0 amide bonds. The lowest BCUT2D eigenvalue weighted by Crippen LogP contribution is -2.31. The highest BCUT2D eigenvalue weighted by Crippen LogP contribution is 2.14. The van der Waals surface area contributed by atoms with Gasteiger partial charge in [0.05, 0.1) is 0 Å². The highest BCUT2D eigenvalue weighted by atomic mass is 16.4. The van der Waals surface area contributed by atoms with Crippen molar-refractivity contribution in [3.05, 3.63) is 71.8 Å². The van der Waals surface area contributed by atoms with Gasteiger partial charge >= 0.3 is 11.9 Å². The summed E-state index contributed by atoms with van der Waals surface area (Å²) in [4.78, 5) is 22.8. The molecular weight excluding hydrogens is 332 g/mol. The first-order valence-corrected chi connectivity index (χ1v) is 8.62. The second kappa shape index (κ2) is 10.3. The van der Waals surface area contributed by atoms with Crippen molar-refractivity contribution in [2.75, 3.05) is 13.1 Å². The first-order chi connectivity index (χ1) is 12.6. The van der Waals surface area contributed by atoms with E-state index in [1.165, 1.54) is 0 Å². The first kappa shape index (κ1) is 19.6. The predicted octanol–water partition coefficient (Wildman–Crippen LogP) is 2.60. The van der Waals surface area contributed by atoms with Crippen LogP contribution in [-0.2, 0) is 9.59 Å². The Bertz CT molecular complexity index is 630. The zero-order chi connectivity index (χ0) is 18.8. The van der Waals surface area contributed by atoms with Gasteiger partial charge in [0.1, 0.15) is 12.1 Å². The Morgan fingerprint density at radius 2 is 1.04 bits per heavy atom. The smallest absolute Gasteiger partial charge is 0.325 e. The van der Waals surface area contributed by atoms with Gasteiger partial charge in [-0.2, -0.15) is 0 Å². The van der Waals surface area contributed by atoms with Crippen LogP contribution in [0.3, 0.4) is 0 Å². The van der Waals surface area contributed by atoms with E-state index in [-0.39, 0.29) is 0 Å². The summed E-state index contributed by atoms with van der Waals surface area (Å²) in [7, 11) is 0. The summed E-state index contributed by atoms with van der Waals surface area (Å²) >= 11 is 0. The molecule has 6 nitrogen and oxygen atoms in total. The molecule has 2 aromatic carbocycles. The van der Waals surface area contributed by atoms with Crippen molar-refractivity contribution in [2.45, 2.75) is 24.9 Å². The maximum absolute atomic E-state index is 11.4. The van der Waals surface area contributed by atoms with Crippen LogP contribution < -0.4 is 10.6 Å². The van der Waals surface area contributed by atoms with Gasteiger partial charge in [0.2, 0.25) is 0 Å². The normalized spacial score (nSPS) is 13.1. The van der Waals surface area contributed by atoms with Crippen molar-refractivity contribution in [3.63, 3.8) is 0 Å². The maximum atomic E-state index is 11.4. The van der Waals surface area contributed by atoms with Crippen LogP contribution in [0.2, 0.25) is 0 Å². The molecule has 0 bridgehead atoms. The van der Waals surface area contributed by atoms with E-state index in [0.29, 0.717) is 24.2 Å². The maximum Gasteiger partial charge on any atom is 0.325 e. The number of unbranched alkanes of at least 4 members (excludes halogenated alkanes) is 1. The number of hydrogen-bond acceptors (Lipinski definition) is 4. The fourth-order valence-corrected chi connectivity index (χ4v) is 2.73. The Morgan fingerprint density at radius 3 is 1.35 bits per heavy atom. The number of hydrogen-bond donors (Lipinski definition) is 4. The Hall–Kier alpha value is -2.70. The van der Waals surface area contributed by atoms with E-state index in [1.54, 1.807) is 24.3 Å². The standard InChI is InChI=1S/C20H24N2O4/c23-19(24)17(15-9-3-1-4-10-15)21-13-7-8-14-22-18(20(25)26)16-11-5-2-6-12-16/h1-6,9-12,17-18,21-22H,7-8,13-14H2,(H,23,24)(H,25,26). The molecule has 138 valence electrons. The SMILES string of the molecule is O=C(O)C(NCCCCNC(C(=O)O)c1ccccc1)c1ccccc1. The number of aliphatic carboxylic acids is 2. The summed E-state index contributed by atoms with van der Waals surface area (Å²) in [5.74, 6) is -1.83. The van der Waals surface area contributed by atoms with Crippen LogP contribution in [0.5, 0.6) is 0 Å². The lowest BCUT2D eigenvalue weighted by atomic mass is 10.1. The average Bonchev–Trinajstić information content (AvgIpc) is 2.65. The van der Waals surface area contributed by atoms with Crippen LogP contribution in [-0.4, -0.2) is 35.2 Å². The predicted molar refractivity (Wildman–Crippen MR) is 98.9 cm³/mol. The van der Waals surface area contributed by atoms with Gasteiger partial charge in [-0.15, -0.1) is 0 Å². The summed E-state index contributed by atoms with van der Waals surface area (Å²) in [6.45, 7) is 1.08. The molecule has 2 aromatic rings. The molecule has 0 aromatic heterocycles. The van der Waals surface area contributed by atoms with Crippen LogP contribution in [0.25, 0.3) is 0 Å². The fraction of sp³-hybridized carbons (Fsp3) is 0.300. The number of rotatable bonds is 11. The quantitative estimate of drug-likeness (QED) is 0.462. The van der Waals surface area contributed by atoms with E-state index in [4.69, 9.17) is 0 Å². The lowest BCUT2D eigenvalue weighted by molar-refractivity contribution is -0.140. The molecule has 0 spiro atoms. The summed E-state index contributed by atoms with van der Waals surface area (Å²) < 4.78 is 0. The minimum Gasteiger partial charge on any atom is -0.480 e. The molecule has 0 saturated heterocycles. The van der Waals surface area contributed by atoms with Crippen molar-refractivity contribution >= 4 is 11.9 Å². The van der Waals surface area contributed by atoms with Gasteiger partial charge < -0.3 is 20.8 Å². The van der Waals surface area contributed by atoms with Crippen LogP contribution in [0.4, 0.5) is 0 Å². The number of carboxylic acids is 2. The molecule has 0 radical (unpaired) electrons. The largest absolute Gasteiger partial charge is 0.480 e. The van der Waals surface area contributed by atoms with Crippen molar-refractivity contribution in [2.24, 2.45) is 0 Å². The summed E-state index contributed by atoms with van der Waals surface area (Å²) in [5.41, 5.74) is 1.43. The van der Waals surface area contributed by atoms with Crippen molar-refractivity contribution < 1.29 is 19.8 Å². The van der Waals surface area contributed by atoms with Crippen molar-refractivity contribution in [1.29, 1.82) is 0 Å². The summed E-state index contributed by atoms with van der Waals surface area (Å²) in [6, 6.07) is 16.6. The average molecular weight is 356 g/mol. The Labute approximate surface area is 152 Å². The van der Waals surface area contributed by atoms with Gasteiger partial charge in [-0.1, -0.05) is 60.7 Å². The molecule has 4 N–H and O–H groups in total. The third-order valence-corrected chi connectivity index (χ3v) is 4.06. The van der Waals surface area contributed by atoms with E-state index < -0.39 is 24.0 Å². The van der Waals surface area contributed by atoms with E-state index in [0.717, 1.165) is 12.8 Å². The monoisotopic (exact) mass is 356 g/mol. The third-order valence-electron chi connectivity index (χ3n) is 4.06. The molecule has 2 atom stereocenters. The molecule has 0 aliphatic rings. The van der Waals surface area contributed by atoms with E-state index in [1.807, 2.05) is 36.4 Å². The Balaban J connectivity index is 1.74. The second-order valence-electron chi connectivity index (χ2n) is 5.98. The van der Waals surface area contributed by atoms with Gasteiger partial charge in [-0.3, -0.25) is 9.59 Å². The molecular formula is C20H24N2O4. The molecule has 2 unspecified atom stereocenters. The zero-order valence-corrected chi connectivity index (χ0v) is 14.5. The zero-order valence-electron chi connectivity index (χ0n) is 14.5. The number of carbonyl (C=O) groups is 2. The molecule has 6 heteroatoms. The van der Waals surface area contributed by atoms with Crippen molar-refractivity contribution in [3.8, 4) is 0 Å². The van der Waals surface area contributed by atoms with Crippen LogP contribution in [0, 0.1) is 0 Å². The van der Waals surface area contributed by atoms with E-state index in [2.05, 4.69) is 10.6 Å². The highest BCUT2D eigenvalue weighted by Gasteiger charge is 2.19. The van der Waals surface area contributed by atoms with Crippen LogP contribution in [0.1, 0.15) is 36.1 Å². The molecule has 0 aliphatic carbocycles. The highest BCUT2D eigenvalue weighted by molar-refractivity contribution is 5.76. The lowest BCUT2D eigenvalue weighted by Gasteiger charge is -2.16. The summed E-state index contributed by atoms with van der Waals surface area (Å²) in [6.07, 6.45) is 1.48. The molecule has 0 heterocycles. The van der Waals surface area contributed by atoms with Gasteiger partial charge in [0, 0.05) is 0 Å². The van der Waals surface area contributed by atoms with Gasteiger partial charge in [-0.25, -0.2) is 0 Å². The first-order valence-electron chi connectivity index (χ1n) is 8.62. The minimum absolute atomic E-state index is 0.538. The van der Waals surface area contributed by atoms with Gasteiger partial charge in [0.15, 0.2) is 0 Å². The van der Waals surface area contributed by atoms with Gasteiger partial charge in [-0.05, 0) is 37.1 Å². The number of nitrogens with one attached hydrogen (secondary N) is 2. The minimum atomic E-state index is -0.913. The molecule has 0 saturated carbocycles. The third kappa shape index (κ3) is 5.98. The Morgan fingerprint density at radius 1 is 0.692 bits per heavy atom. The van der Waals surface area contributed by atoms with Crippen molar-refractivity contribution in [1.82, 2.24) is 10.6 Å². The summed E-state index contributed by atoms with van der Waals surface area (Å²) in [5, 5.41) is 24.8. The second-order valence-corrected chi connectivity index (χ2v) is 5.98. The van der Waals surface area contributed by atoms with E-state index in [9.17, 15) is 19.8 Å². The Kier molecular flexibility index (Phi) is 7.79. The van der Waals surface area contributed by atoms with Crippen LogP contribution in [0.15, 0.2) is 60.7 Å². The molecule has 0 fully saturated rings. The number of benzene rings is 2. The fourth-order valence-electron chi connectivity index (χ4n) is 2.73.